The molecule has 1 aromatic heterocycles. The molecule has 29 heavy (non-hydrogen) atoms. The first-order valence-electron chi connectivity index (χ1n) is 9.99. The van der Waals surface area contributed by atoms with Crippen LogP contribution in [0.2, 0.25) is 0 Å². The minimum Gasteiger partial charge on any atom is -0.325 e. The highest BCUT2D eigenvalue weighted by Crippen LogP contribution is 2.38. The molecule has 0 aliphatic heterocycles. The van der Waals surface area contributed by atoms with E-state index in [9.17, 15) is 9.18 Å². The fourth-order valence-electron chi connectivity index (χ4n) is 3.38. The highest BCUT2D eigenvalue weighted by molar-refractivity contribution is 5.98. The van der Waals surface area contributed by atoms with E-state index in [2.05, 4.69) is 44.1 Å². The molecule has 0 fully saturated rings. The van der Waals surface area contributed by atoms with Gasteiger partial charge < -0.3 is 5.32 Å². The molecule has 0 saturated heterocycles. The number of nitrogens with one attached hydrogen (secondary N) is 1. The number of amides is 1. The zero-order valence-electron chi connectivity index (χ0n) is 17.4. The summed E-state index contributed by atoms with van der Waals surface area (Å²) in [5.41, 5.74) is 4.77. The van der Waals surface area contributed by atoms with Crippen molar-refractivity contribution in [3.63, 3.8) is 0 Å². The van der Waals surface area contributed by atoms with Crippen molar-refractivity contribution in [2.75, 3.05) is 5.32 Å². The van der Waals surface area contributed by atoms with E-state index in [1.54, 1.807) is 12.1 Å². The molecule has 1 heterocycles. The van der Waals surface area contributed by atoms with E-state index in [4.69, 9.17) is 0 Å². The number of rotatable bonds is 6. The van der Waals surface area contributed by atoms with Crippen LogP contribution in [0.15, 0.2) is 60.8 Å². The molecule has 2 aromatic carbocycles. The Bertz CT molecular complexity index is 997. The second-order valence-electron chi connectivity index (χ2n) is 7.89. The Kier molecular flexibility index (Phi) is 6.42. The Morgan fingerprint density at radius 3 is 2.31 bits per heavy atom. The molecule has 1 N–H and O–H groups in total. The van der Waals surface area contributed by atoms with Crippen molar-refractivity contribution in [3.8, 4) is 11.1 Å². The Morgan fingerprint density at radius 1 is 0.966 bits per heavy atom. The highest BCUT2D eigenvalue weighted by Gasteiger charge is 2.20. The summed E-state index contributed by atoms with van der Waals surface area (Å²) in [5.74, 6) is -0.220. The SMILES string of the molecule is CC(C)c1cc(-c2cccnc2F)c(NC(=O)Cc2ccccc2)c(C(C)C)c1. The number of aromatic nitrogens is 1. The number of pyridine rings is 1. The Morgan fingerprint density at radius 2 is 1.69 bits per heavy atom. The summed E-state index contributed by atoms with van der Waals surface area (Å²) in [5, 5.41) is 3.07. The molecular formula is C25H27FN2O. The summed E-state index contributed by atoms with van der Waals surface area (Å²) < 4.78 is 14.6. The van der Waals surface area contributed by atoms with Crippen LogP contribution in [-0.4, -0.2) is 10.9 Å². The lowest BCUT2D eigenvalue weighted by molar-refractivity contribution is -0.115. The number of nitrogens with zero attached hydrogens (tertiary/aromatic N) is 1. The summed E-state index contributed by atoms with van der Waals surface area (Å²) in [4.78, 5) is 16.6. The zero-order valence-corrected chi connectivity index (χ0v) is 17.4. The smallest absolute Gasteiger partial charge is 0.228 e. The molecule has 0 unspecified atom stereocenters. The summed E-state index contributed by atoms with van der Waals surface area (Å²) in [6.45, 7) is 8.37. The van der Waals surface area contributed by atoms with Crippen molar-refractivity contribution in [1.29, 1.82) is 0 Å². The minimum absolute atomic E-state index is 0.124. The minimum atomic E-state index is -0.540. The van der Waals surface area contributed by atoms with Gasteiger partial charge in [-0.05, 0) is 46.7 Å². The van der Waals surface area contributed by atoms with E-state index in [0.717, 1.165) is 16.7 Å². The second-order valence-corrected chi connectivity index (χ2v) is 7.89. The van der Waals surface area contributed by atoms with E-state index < -0.39 is 5.95 Å². The van der Waals surface area contributed by atoms with Gasteiger partial charge in [-0.15, -0.1) is 0 Å². The number of hydrogen-bond acceptors (Lipinski definition) is 2. The third kappa shape index (κ3) is 4.89. The van der Waals surface area contributed by atoms with Crippen LogP contribution in [0.5, 0.6) is 0 Å². The lowest BCUT2D eigenvalue weighted by Crippen LogP contribution is -2.17. The molecule has 3 nitrogen and oxygen atoms in total. The van der Waals surface area contributed by atoms with Gasteiger partial charge in [0.1, 0.15) is 0 Å². The Hall–Kier alpha value is -3.01. The van der Waals surface area contributed by atoms with Gasteiger partial charge in [0.15, 0.2) is 0 Å². The van der Waals surface area contributed by atoms with Gasteiger partial charge in [0.2, 0.25) is 11.9 Å². The fraction of sp³-hybridized carbons (Fsp3) is 0.280. The number of halogens is 1. The van der Waals surface area contributed by atoms with Crippen LogP contribution in [0.3, 0.4) is 0 Å². The fourth-order valence-corrected chi connectivity index (χ4v) is 3.38. The van der Waals surface area contributed by atoms with E-state index >= 15 is 0 Å². The Balaban J connectivity index is 2.10. The number of carbonyl (C=O) groups is 1. The van der Waals surface area contributed by atoms with Crippen molar-refractivity contribution in [2.24, 2.45) is 0 Å². The molecule has 0 radical (unpaired) electrons. The highest BCUT2D eigenvalue weighted by atomic mass is 19.1. The quantitative estimate of drug-likeness (QED) is 0.501. The van der Waals surface area contributed by atoms with Gasteiger partial charge in [0.05, 0.1) is 12.1 Å². The van der Waals surface area contributed by atoms with Gasteiger partial charge in [-0.1, -0.05) is 64.1 Å². The first-order chi connectivity index (χ1) is 13.9. The van der Waals surface area contributed by atoms with Gasteiger partial charge in [-0.2, -0.15) is 4.39 Å². The third-order valence-electron chi connectivity index (χ3n) is 5.00. The maximum Gasteiger partial charge on any atom is 0.228 e. The molecule has 3 rings (SSSR count). The molecule has 150 valence electrons. The molecule has 0 spiro atoms. The Labute approximate surface area is 172 Å². The van der Waals surface area contributed by atoms with Crippen molar-refractivity contribution in [1.82, 2.24) is 4.98 Å². The molecular weight excluding hydrogens is 363 g/mol. The summed E-state index contributed by atoms with van der Waals surface area (Å²) in [6.07, 6.45) is 1.70. The normalized spacial score (nSPS) is 11.1. The van der Waals surface area contributed by atoms with Crippen LogP contribution in [0, 0.1) is 5.95 Å². The molecule has 3 aromatic rings. The molecule has 0 aliphatic carbocycles. The standard InChI is InChI=1S/C25H27FN2O/c1-16(2)19-14-21(17(3)4)24(22(15-19)20-11-8-12-27-25(20)26)28-23(29)13-18-9-6-5-7-10-18/h5-12,14-17H,13H2,1-4H3,(H,28,29). The summed E-state index contributed by atoms with van der Waals surface area (Å²) in [6, 6.07) is 17.1. The van der Waals surface area contributed by atoms with Crippen molar-refractivity contribution in [3.05, 3.63) is 83.4 Å². The molecule has 0 saturated carbocycles. The topological polar surface area (TPSA) is 42.0 Å². The lowest BCUT2D eigenvalue weighted by atomic mass is 9.88. The van der Waals surface area contributed by atoms with Crippen LogP contribution in [0.25, 0.3) is 11.1 Å². The third-order valence-corrected chi connectivity index (χ3v) is 5.00. The lowest BCUT2D eigenvalue weighted by Gasteiger charge is -2.22. The van der Waals surface area contributed by atoms with Gasteiger partial charge in [0, 0.05) is 17.3 Å². The number of hydrogen-bond donors (Lipinski definition) is 1. The molecule has 1 amide bonds. The predicted molar refractivity (Wildman–Crippen MR) is 117 cm³/mol. The average Bonchev–Trinajstić information content (AvgIpc) is 2.69. The van der Waals surface area contributed by atoms with E-state index in [1.807, 2.05) is 36.4 Å². The predicted octanol–water partition coefficient (Wildman–Crippen LogP) is 6.32. The van der Waals surface area contributed by atoms with Gasteiger partial charge in [0.25, 0.3) is 0 Å². The number of anilines is 1. The van der Waals surface area contributed by atoms with Crippen LogP contribution in [0.4, 0.5) is 10.1 Å². The van der Waals surface area contributed by atoms with Crippen molar-refractivity contribution < 1.29 is 9.18 Å². The van der Waals surface area contributed by atoms with Crippen LogP contribution in [-0.2, 0) is 11.2 Å². The maximum absolute atomic E-state index is 14.6. The first-order valence-corrected chi connectivity index (χ1v) is 9.99. The van der Waals surface area contributed by atoms with Crippen LogP contribution < -0.4 is 5.32 Å². The molecule has 0 aliphatic rings. The monoisotopic (exact) mass is 390 g/mol. The van der Waals surface area contributed by atoms with Gasteiger partial charge in [-0.3, -0.25) is 4.79 Å². The molecule has 4 heteroatoms. The van der Waals surface area contributed by atoms with Crippen molar-refractivity contribution >= 4 is 11.6 Å². The molecule has 0 bridgehead atoms. The molecule has 0 atom stereocenters. The van der Waals surface area contributed by atoms with Gasteiger partial charge in [-0.25, -0.2) is 4.98 Å². The summed E-state index contributed by atoms with van der Waals surface area (Å²) >= 11 is 0. The first kappa shape index (κ1) is 20.7. The van der Waals surface area contributed by atoms with E-state index in [0.29, 0.717) is 16.8 Å². The van der Waals surface area contributed by atoms with Crippen molar-refractivity contribution in [2.45, 2.75) is 46.0 Å². The van der Waals surface area contributed by atoms with E-state index in [1.165, 1.54) is 6.20 Å². The van der Waals surface area contributed by atoms with Gasteiger partial charge >= 0.3 is 0 Å². The van der Waals surface area contributed by atoms with E-state index in [-0.39, 0.29) is 24.2 Å². The van der Waals surface area contributed by atoms with Crippen LogP contribution in [0.1, 0.15) is 56.2 Å². The zero-order chi connectivity index (χ0) is 21.0. The number of benzene rings is 2. The summed E-state index contributed by atoms with van der Waals surface area (Å²) in [7, 11) is 0. The van der Waals surface area contributed by atoms with Crippen LogP contribution >= 0.6 is 0 Å². The number of carbonyl (C=O) groups excluding carboxylic acids is 1. The second kappa shape index (κ2) is 8.99. The maximum atomic E-state index is 14.6. The largest absolute Gasteiger partial charge is 0.325 e. The average molecular weight is 391 g/mol.